The Balaban J connectivity index is 1.52. The highest BCUT2D eigenvalue weighted by molar-refractivity contribution is 7.85. The molecule has 10 heteroatoms. The third-order valence-electron chi connectivity index (χ3n) is 10.6. The third kappa shape index (κ3) is 7.89. The molecular formula is C41H49N2O5S3-. The minimum Gasteiger partial charge on any atom is -0.778 e. The maximum atomic E-state index is 12.0. The lowest BCUT2D eigenvalue weighted by molar-refractivity contribution is -0.438. The van der Waals surface area contributed by atoms with E-state index in [-0.39, 0.29) is 21.9 Å². The Morgan fingerprint density at radius 2 is 1.53 bits per heavy atom. The van der Waals surface area contributed by atoms with E-state index in [0.717, 1.165) is 78.9 Å². The van der Waals surface area contributed by atoms with Crippen LogP contribution in [0.2, 0.25) is 0 Å². The van der Waals surface area contributed by atoms with Gasteiger partial charge in [-0.2, -0.15) is 9.48 Å². The van der Waals surface area contributed by atoms with E-state index < -0.39 is 15.5 Å². The van der Waals surface area contributed by atoms with E-state index in [1.165, 1.54) is 28.9 Å². The predicted molar refractivity (Wildman–Crippen MR) is 210 cm³/mol. The Morgan fingerprint density at radius 3 is 2.14 bits per heavy atom. The molecule has 5 rings (SSSR count). The molecule has 272 valence electrons. The Hall–Kier alpha value is -3.31. The first kappa shape index (κ1) is 38.9. The van der Waals surface area contributed by atoms with Gasteiger partial charge in [-0.25, -0.2) is 8.42 Å². The second-order valence-electron chi connectivity index (χ2n) is 15.3. The van der Waals surface area contributed by atoms with Gasteiger partial charge < -0.3 is 31.7 Å². The van der Waals surface area contributed by atoms with Crippen molar-refractivity contribution in [2.75, 3.05) is 18.0 Å². The van der Waals surface area contributed by atoms with E-state index in [9.17, 15) is 22.6 Å². The van der Waals surface area contributed by atoms with Crippen molar-refractivity contribution < 1.29 is 27.1 Å². The van der Waals surface area contributed by atoms with Crippen molar-refractivity contribution in [1.29, 1.82) is 0 Å². The second-order valence-corrected chi connectivity index (χ2v) is 17.5. The molecule has 0 saturated carbocycles. The number of hydrogen-bond donors (Lipinski definition) is 0. The molecule has 0 atom stereocenters. The molecule has 0 aromatic heterocycles. The highest BCUT2D eigenvalue weighted by atomic mass is 32.2. The predicted octanol–water partition coefficient (Wildman–Crippen LogP) is 8.37. The zero-order valence-electron chi connectivity index (χ0n) is 30.9. The van der Waals surface area contributed by atoms with Gasteiger partial charge in [0.05, 0.1) is 10.3 Å². The molecule has 2 aromatic carbocycles. The number of carbonyl (C=O) groups excluding carboxylic acids is 2. The van der Waals surface area contributed by atoms with Crippen LogP contribution in [-0.2, 0) is 43.2 Å². The number of carbonyl (C=O) groups is 2. The largest absolute Gasteiger partial charge is 0.778 e. The number of ketones is 2. The number of unbranched alkanes of at least 4 members (excludes halogenated alkanes) is 4. The highest BCUT2D eigenvalue weighted by Gasteiger charge is 2.46. The molecule has 2 aromatic rings. The van der Waals surface area contributed by atoms with Crippen molar-refractivity contribution in [3.05, 3.63) is 87.0 Å². The molecule has 51 heavy (non-hydrogen) atoms. The van der Waals surface area contributed by atoms with Gasteiger partial charge in [0.15, 0.2) is 5.71 Å². The van der Waals surface area contributed by atoms with Crippen molar-refractivity contribution >= 4 is 68.5 Å². The van der Waals surface area contributed by atoms with E-state index in [1.807, 2.05) is 13.8 Å². The van der Waals surface area contributed by atoms with E-state index >= 15 is 0 Å². The molecule has 7 nitrogen and oxygen atoms in total. The molecule has 2 aliphatic heterocycles. The van der Waals surface area contributed by atoms with E-state index in [0.29, 0.717) is 29.2 Å². The number of thiocarbonyl (C=S) groups is 1. The Kier molecular flexibility index (Phi) is 11.4. The summed E-state index contributed by atoms with van der Waals surface area (Å²) in [5, 5.41) is 0. The lowest BCUT2D eigenvalue weighted by Crippen LogP contribution is -2.31. The molecule has 0 radical (unpaired) electrons. The molecule has 1 aliphatic carbocycles. The fraction of sp³-hybridized carbons (Fsp3) is 0.463. The third-order valence-corrected chi connectivity index (χ3v) is 12.3. The minimum absolute atomic E-state index is 0.174. The van der Waals surface area contributed by atoms with Gasteiger partial charge in [-0.1, -0.05) is 50.2 Å². The van der Waals surface area contributed by atoms with Crippen LogP contribution in [0.3, 0.4) is 0 Å². The van der Waals surface area contributed by atoms with Crippen molar-refractivity contribution in [2.45, 2.75) is 116 Å². The maximum absolute atomic E-state index is 12.0. The lowest BCUT2D eigenvalue weighted by atomic mass is 9.78. The number of Topliss-reactive ketones (excluding diaryl/α,β-unsaturated/α-hetero) is 2. The zero-order valence-corrected chi connectivity index (χ0v) is 33.3. The van der Waals surface area contributed by atoms with Crippen LogP contribution in [0.5, 0.6) is 0 Å². The normalized spacial score (nSPS) is 19.2. The number of benzene rings is 2. The van der Waals surface area contributed by atoms with Crippen LogP contribution in [0.15, 0.2) is 75.2 Å². The fourth-order valence-corrected chi connectivity index (χ4v) is 8.88. The van der Waals surface area contributed by atoms with Gasteiger partial charge in [0.25, 0.3) is 0 Å². The smallest absolute Gasteiger partial charge is 0.209 e. The number of nitrogens with zero attached hydrogens (tertiary/aromatic N) is 2. The molecule has 0 N–H and O–H groups in total. The first-order valence-electron chi connectivity index (χ1n) is 17.9. The van der Waals surface area contributed by atoms with Gasteiger partial charge in [0.1, 0.15) is 28.2 Å². The van der Waals surface area contributed by atoms with Crippen LogP contribution in [-0.4, -0.2) is 52.8 Å². The molecule has 0 fully saturated rings. The summed E-state index contributed by atoms with van der Waals surface area (Å²) in [6.07, 6.45) is 10.7. The SMILES string of the molecule is CC(=O)CCCCCN1C(=CC2=C([S-])C(=CC3=[N+](CCCCCC(C)=O)c4ccc(S(=O)(=O)[O-])cc4C3(C)C)C2=S)C(C)(C)c2cc(C)ccc21. The first-order valence-corrected chi connectivity index (χ1v) is 20.1. The average Bonchev–Trinajstić information content (AvgIpc) is 3.38. The van der Waals surface area contributed by atoms with Crippen LogP contribution in [0, 0.1) is 6.92 Å². The second kappa shape index (κ2) is 15.0. The Labute approximate surface area is 314 Å². The summed E-state index contributed by atoms with van der Waals surface area (Å²) in [7, 11) is -4.64. The van der Waals surface area contributed by atoms with Crippen LogP contribution >= 0.6 is 12.2 Å². The fourth-order valence-electron chi connectivity index (χ4n) is 7.61. The van der Waals surface area contributed by atoms with E-state index in [4.69, 9.17) is 24.8 Å². The summed E-state index contributed by atoms with van der Waals surface area (Å²) >= 11 is 12.2. The summed E-state index contributed by atoms with van der Waals surface area (Å²) in [4.78, 5) is 26.5. The monoisotopic (exact) mass is 745 g/mol. The Bertz CT molecular complexity index is 2030. The van der Waals surface area contributed by atoms with Crippen LogP contribution in [0.4, 0.5) is 11.4 Å². The topological polar surface area (TPSA) is 97.6 Å². The molecule has 2 heterocycles. The van der Waals surface area contributed by atoms with Crippen molar-refractivity contribution in [3.63, 3.8) is 0 Å². The molecule has 0 saturated heterocycles. The molecule has 0 bridgehead atoms. The molecular weight excluding hydrogens is 697 g/mol. The van der Waals surface area contributed by atoms with Crippen molar-refractivity contribution in [3.8, 4) is 0 Å². The maximum Gasteiger partial charge on any atom is 0.209 e. The molecule has 3 aliphatic rings. The number of allylic oxidation sites excluding steroid dienone is 5. The number of hydrogen-bond acceptors (Lipinski definition) is 8. The zero-order chi connectivity index (χ0) is 37.5. The van der Waals surface area contributed by atoms with Crippen molar-refractivity contribution in [2.24, 2.45) is 0 Å². The summed E-state index contributed by atoms with van der Waals surface area (Å²) in [6, 6.07) is 11.2. The summed E-state index contributed by atoms with van der Waals surface area (Å²) < 4.78 is 38.2. The first-order chi connectivity index (χ1) is 23.9. The Morgan fingerprint density at radius 1 is 0.882 bits per heavy atom. The number of aryl methyl sites for hydroxylation is 1. The van der Waals surface area contributed by atoms with Gasteiger partial charge in [-0.05, 0) is 101 Å². The summed E-state index contributed by atoms with van der Waals surface area (Å²) in [5.74, 6) is 0.398. The number of anilines is 1. The quantitative estimate of drug-likeness (QED) is 0.0448. The highest BCUT2D eigenvalue weighted by Crippen LogP contribution is 2.50. The molecule has 0 unspecified atom stereocenters. The van der Waals surface area contributed by atoms with E-state index in [1.54, 1.807) is 19.9 Å². The van der Waals surface area contributed by atoms with Gasteiger partial charge in [0, 0.05) is 65.2 Å². The molecule has 0 spiro atoms. The number of fused-ring (bicyclic) bond motifs is 2. The minimum atomic E-state index is -4.64. The lowest BCUT2D eigenvalue weighted by Gasteiger charge is -2.35. The van der Waals surface area contributed by atoms with Crippen molar-refractivity contribution in [1.82, 2.24) is 0 Å². The summed E-state index contributed by atoms with van der Waals surface area (Å²) in [5.41, 5.74) is 8.13. The van der Waals surface area contributed by atoms with Crippen LogP contribution < -0.4 is 4.90 Å². The number of rotatable bonds is 15. The average molecular weight is 746 g/mol. The van der Waals surface area contributed by atoms with Gasteiger partial charge >= 0.3 is 0 Å². The van der Waals surface area contributed by atoms with Crippen LogP contribution in [0.25, 0.3) is 0 Å². The van der Waals surface area contributed by atoms with Gasteiger partial charge in [-0.15, -0.1) is 0 Å². The van der Waals surface area contributed by atoms with Crippen LogP contribution in [0.1, 0.15) is 110 Å². The van der Waals surface area contributed by atoms with Gasteiger partial charge in [-0.3, -0.25) is 0 Å². The standard InChI is InChI=1S/C41H50N2O5S3/c1-26-16-18-34-32(22-26)40(4,5)36(42(34)20-12-8-10-14-27(2)44)24-30-38(49)31(39(30)50)25-37-41(6,7)33-23-29(51(46,47)48)17-19-35(33)43(37)21-13-9-11-15-28(3)45/h16-19,22-25H,8-15,20-21H2,1-7H3,(H-,46,47,48,49,50)/p-1. The molecule has 0 amide bonds. The van der Waals surface area contributed by atoms with Gasteiger partial charge in [0.2, 0.25) is 5.69 Å². The summed E-state index contributed by atoms with van der Waals surface area (Å²) in [6.45, 7) is 15.4. The van der Waals surface area contributed by atoms with E-state index in [2.05, 4.69) is 60.6 Å².